The van der Waals surface area contributed by atoms with E-state index in [2.05, 4.69) is 25.9 Å². The molecule has 1 amide bonds. The fourth-order valence-electron chi connectivity index (χ4n) is 4.33. The molecule has 0 unspecified atom stereocenters. The van der Waals surface area contributed by atoms with E-state index in [1.54, 1.807) is 13.2 Å². The maximum atomic E-state index is 12.9. The topological polar surface area (TPSA) is 95.7 Å². The van der Waals surface area contributed by atoms with Crippen molar-refractivity contribution in [1.82, 2.24) is 19.7 Å². The van der Waals surface area contributed by atoms with Gasteiger partial charge in [-0.1, -0.05) is 29.8 Å². The van der Waals surface area contributed by atoms with Crippen molar-refractivity contribution in [3.05, 3.63) is 108 Å². The molecule has 3 aromatic carbocycles. The van der Waals surface area contributed by atoms with Crippen molar-refractivity contribution in [3.8, 4) is 11.3 Å². The maximum absolute atomic E-state index is 12.9. The van der Waals surface area contributed by atoms with Crippen LogP contribution in [0.3, 0.4) is 0 Å². The molecule has 0 aliphatic rings. The number of imidazole rings is 1. The number of hydrogen-bond donors (Lipinski definition) is 3. The first-order chi connectivity index (χ1) is 18.5. The van der Waals surface area contributed by atoms with Crippen LogP contribution in [0.1, 0.15) is 27.0 Å². The standard InChI is InChI=1S/C30H29N7O/c1-19-8-10-22(11-9-19)30(38)36-25-7-5-6-24(20(25)2)26-18-37-17-16-33-29(37)28(35-26)34-23-14-12-21(13-15-23)27(31-3)32-4/h5-18H,1-4H3,(H,31,32)(H,34,35)(H,36,38). The summed E-state index contributed by atoms with van der Waals surface area (Å²) in [6, 6.07) is 21.3. The second-order valence-electron chi connectivity index (χ2n) is 8.96. The number of aliphatic imine (C=N–C) groups is 1. The van der Waals surface area contributed by atoms with Gasteiger partial charge in [-0.05, 0) is 61.9 Å². The van der Waals surface area contributed by atoms with Crippen LogP contribution in [0.2, 0.25) is 0 Å². The van der Waals surface area contributed by atoms with Crippen LogP contribution in [-0.4, -0.2) is 40.2 Å². The van der Waals surface area contributed by atoms with Gasteiger partial charge in [-0.25, -0.2) is 9.97 Å². The maximum Gasteiger partial charge on any atom is 0.255 e. The van der Waals surface area contributed by atoms with E-state index in [9.17, 15) is 4.79 Å². The third kappa shape index (κ3) is 4.97. The molecule has 0 fully saturated rings. The van der Waals surface area contributed by atoms with Crippen molar-refractivity contribution in [2.75, 3.05) is 24.7 Å². The Hall–Kier alpha value is -4.98. The van der Waals surface area contributed by atoms with E-state index >= 15 is 0 Å². The number of anilines is 3. The quantitative estimate of drug-likeness (QED) is 0.207. The molecule has 38 heavy (non-hydrogen) atoms. The van der Waals surface area contributed by atoms with Gasteiger partial charge in [0.15, 0.2) is 11.5 Å². The van der Waals surface area contributed by atoms with Crippen molar-refractivity contribution in [1.29, 1.82) is 0 Å². The molecule has 0 aliphatic carbocycles. The van der Waals surface area contributed by atoms with E-state index in [1.165, 1.54) is 0 Å². The highest BCUT2D eigenvalue weighted by Gasteiger charge is 2.15. The minimum atomic E-state index is -0.149. The van der Waals surface area contributed by atoms with E-state index < -0.39 is 0 Å². The fraction of sp³-hybridized carbons (Fsp3) is 0.133. The molecule has 2 aromatic heterocycles. The number of aryl methyl sites for hydroxylation is 1. The predicted octanol–water partition coefficient (Wildman–Crippen LogP) is 5.60. The van der Waals surface area contributed by atoms with E-state index in [1.807, 2.05) is 104 Å². The number of hydrogen-bond acceptors (Lipinski definition) is 5. The highest BCUT2D eigenvalue weighted by molar-refractivity contribution is 6.05. The highest BCUT2D eigenvalue weighted by Crippen LogP contribution is 2.30. The zero-order valence-corrected chi connectivity index (χ0v) is 21.8. The zero-order valence-electron chi connectivity index (χ0n) is 21.8. The van der Waals surface area contributed by atoms with Gasteiger partial charge < -0.3 is 20.4 Å². The largest absolute Gasteiger partial charge is 0.373 e. The second-order valence-corrected chi connectivity index (χ2v) is 8.96. The fourth-order valence-corrected chi connectivity index (χ4v) is 4.33. The number of amidine groups is 1. The molecule has 0 spiro atoms. The Bertz CT molecular complexity index is 1630. The van der Waals surface area contributed by atoms with Crippen LogP contribution in [0.15, 0.2) is 90.3 Å². The average molecular weight is 504 g/mol. The van der Waals surface area contributed by atoms with Crippen LogP contribution >= 0.6 is 0 Å². The molecular weight excluding hydrogens is 474 g/mol. The second kappa shape index (κ2) is 10.6. The number of nitrogens with one attached hydrogen (secondary N) is 3. The average Bonchev–Trinajstić information content (AvgIpc) is 3.41. The number of carbonyl (C=O) groups is 1. The monoisotopic (exact) mass is 503 g/mol. The minimum Gasteiger partial charge on any atom is -0.373 e. The summed E-state index contributed by atoms with van der Waals surface area (Å²) in [7, 11) is 3.61. The summed E-state index contributed by atoms with van der Waals surface area (Å²) in [5.41, 5.74) is 7.65. The smallest absolute Gasteiger partial charge is 0.255 e. The number of aromatic nitrogens is 3. The number of amides is 1. The van der Waals surface area contributed by atoms with Gasteiger partial charge in [-0.2, -0.15) is 0 Å². The summed E-state index contributed by atoms with van der Waals surface area (Å²) < 4.78 is 1.94. The van der Waals surface area contributed by atoms with E-state index in [0.29, 0.717) is 17.0 Å². The van der Waals surface area contributed by atoms with E-state index in [4.69, 9.17) is 4.98 Å². The molecule has 5 aromatic rings. The van der Waals surface area contributed by atoms with Gasteiger partial charge in [0.05, 0.1) is 5.69 Å². The van der Waals surface area contributed by atoms with Crippen LogP contribution < -0.4 is 16.0 Å². The summed E-state index contributed by atoms with van der Waals surface area (Å²) in [6.07, 6.45) is 5.59. The Kier molecular flexibility index (Phi) is 6.86. The van der Waals surface area contributed by atoms with Gasteiger partial charge in [0.2, 0.25) is 0 Å². The molecule has 0 saturated heterocycles. The molecule has 0 saturated carbocycles. The molecule has 5 rings (SSSR count). The molecule has 2 heterocycles. The molecule has 0 radical (unpaired) electrons. The molecule has 0 bridgehead atoms. The van der Waals surface area contributed by atoms with Gasteiger partial charge in [0.25, 0.3) is 5.91 Å². The van der Waals surface area contributed by atoms with Crippen molar-refractivity contribution >= 4 is 34.6 Å². The van der Waals surface area contributed by atoms with Gasteiger partial charge in [-0.15, -0.1) is 0 Å². The third-order valence-electron chi connectivity index (χ3n) is 6.43. The summed E-state index contributed by atoms with van der Waals surface area (Å²) in [5, 5.41) is 9.56. The van der Waals surface area contributed by atoms with E-state index in [0.717, 1.165) is 45.2 Å². The Balaban J connectivity index is 1.47. The predicted molar refractivity (Wildman–Crippen MR) is 154 cm³/mol. The van der Waals surface area contributed by atoms with Gasteiger partial charge in [0.1, 0.15) is 5.84 Å². The lowest BCUT2D eigenvalue weighted by molar-refractivity contribution is 0.102. The normalized spacial score (nSPS) is 11.4. The lowest BCUT2D eigenvalue weighted by atomic mass is 10.0. The number of carbonyl (C=O) groups excluding carboxylic acids is 1. The van der Waals surface area contributed by atoms with Crippen LogP contribution in [0, 0.1) is 13.8 Å². The summed E-state index contributed by atoms with van der Waals surface area (Å²) in [6.45, 7) is 3.98. The van der Waals surface area contributed by atoms with Crippen LogP contribution in [-0.2, 0) is 0 Å². The SMILES string of the molecule is CN=C(NC)c1ccc(Nc2nc(-c3cccc(NC(=O)c4ccc(C)cc4)c3C)cn3ccnc23)cc1. The number of nitrogens with zero attached hydrogens (tertiary/aromatic N) is 4. The molecule has 0 atom stereocenters. The number of rotatable bonds is 6. The summed E-state index contributed by atoms with van der Waals surface area (Å²) >= 11 is 0. The van der Waals surface area contributed by atoms with Crippen molar-refractivity contribution in [2.45, 2.75) is 13.8 Å². The Morgan fingerprint density at radius 2 is 1.68 bits per heavy atom. The molecule has 8 heteroatoms. The first kappa shape index (κ1) is 24.7. The molecule has 0 aliphatic heterocycles. The lowest BCUT2D eigenvalue weighted by Crippen LogP contribution is -2.19. The van der Waals surface area contributed by atoms with Gasteiger partial charge in [-0.3, -0.25) is 9.79 Å². The highest BCUT2D eigenvalue weighted by atomic mass is 16.1. The molecule has 190 valence electrons. The molecule has 8 nitrogen and oxygen atoms in total. The van der Waals surface area contributed by atoms with Crippen LogP contribution in [0.5, 0.6) is 0 Å². The van der Waals surface area contributed by atoms with Gasteiger partial charge in [0, 0.05) is 60.8 Å². The lowest BCUT2D eigenvalue weighted by Gasteiger charge is -2.15. The molecular formula is C30H29N7O. The Morgan fingerprint density at radius 1 is 0.947 bits per heavy atom. The number of benzene rings is 3. The zero-order chi connectivity index (χ0) is 26.6. The molecule has 3 N–H and O–H groups in total. The first-order valence-electron chi connectivity index (χ1n) is 12.3. The summed E-state index contributed by atoms with van der Waals surface area (Å²) in [4.78, 5) is 26.6. The van der Waals surface area contributed by atoms with Crippen molar-refractivity contribution in [2.24, 2.45) is 4.99 Å². The number of fused-ring (bicyclic) bond motifs is 1. The first-order valence-corrected chi connectivity index (χ1v) is 12.3. The van der Waals surface area contributed by atoms with Crippen LogP contribution in [0.4, 0.5) is 17.2 Å². The van der Waals surface area contributed by atoms with E-state index in [-0.39, 0.29) is 5.91 Å². The van der Waals surface area contributed by atoms with Crippen molar-refractivity contribution < 1.29 is 4.79 Å². The third-order valence-corrected chi connectivity index (χ3v) is 6.43. The Morgan fingerprint density at radius 3 is 2.39 bits per heavy atom. The summed E-state index contributed by atoms with van der Waals surface area (Å²) in [5.74, 6) is 1.30. The van der Waals surface area contributed by atoms with Crippen LogP contribution in [0.25, 0.3) is 16.9 Å². The van der Waals surface area contributed by atoms with Gasteiger partial charge >= 0.3 is 0 Å². The minimum absolute atomic E-state index is 0.149. The Labute approximate surface area is 221 Å². The van der Waals surface area contributed by atoms with Crippen molar-refractivity contribution in [3.63, 3.8) is 0 Å².